The van der Waals surface area contributed by atoms with E-state index in [0.717, 1.165) is 11.9 Å². The van der Waals surface area contributed by atoms with Crippen LogP contribution in [0.3, 0.4) is 0 Å². The maximum Gasteiger partial charge on any atom is 0.234 e. The Hall–Kier alpha value is -1.63. The molecular weight excluding hydrogens is 267 g/mol. The molecule has 0 aliphatic rings. The van der Waals surface area contributed by atoms with E-state index in [2.05, 4.69) is 24.3 Å². The predicted octanol–water partition coefficient (Wildman–Crippen LogP) is 5.13. The van der Waals surface area contributed by atoms with Crippen molar-refractivity contribution in [1.82, 2.24) is 0 Å². The van der Waals surface area contributed by atoms with Gasteiger partial charge in [-0.05, 0) is 24.6 Å². The molecule has 104 valence electrons. The predicted molar refractivity (Wildman–Crippen MR) is 86.0 cm³/mol. The molecule has 0 fully saturated rings. The summed E-state index contributed by atoms with van der Waals surface area (Å²) in [7, 11) is -0.920. The van der Waals surface area contributed by atoms with Crippen LogP contribution in [0.2, 0.25) is 0 Å². The van der Waals surface area contributed by atoms with Gasteiger partial charge < -0.3 is 9.05 Å². The molecule has 20 heavy (non-hydrogen) atoms. The molecule has 0 amide bonds. The van der Waals surface area contributed by atoms with E-state index in [1.54, 1.807) is 0 Å². The first-order valence-electron chi connectivity index (χ1n) is 6.73. The molecule has 2 aromatic carbocycles. The maximum atomic E-state index is 5.88. The second-order valence-corrected chi connectivity index (χ2v) is 5.62. The minimum atomic E-state index is -0.920. The first-order chi connectivity index (χ1) is 9.88. The third-order valence-electron chi connectivity index (χ3n) is 2.59. The number of para-hydroxylation sites is 1. The molecule has 2 rings (SSSR count). The van der Waals surface area contributed by atoms with Crippen molar-refractivity contribution >= 4 is 14.5 Å². The summed E-state index contributed by atoms with van der Waals surface area (Å²) in [6, 6.07) is 20.1. The Labute approximate surface area is 122 Å². The fourth-order valence-corrected chi connectivity index (χ4v) is 2.85. The van der Waals surface area contributed by atoms with Gasteiger partial charge in [-0.2, -0.15) is 0 Å². The standard InChI is InChI=1S/C17H19O2P/c1-2-18-20(19-17-13-7-4-8-14-17)15-9-12-16-10-5-3-6-11-16/h3-14H,2,15H2,1H3/b12-9+. The highest BCUT2D eigenvalue weighted by atomic mass is 31.2. The van der Waals surface area contributed by atoms with Gasteiger partial charge in [-0.15, -0.1) is 0 Å². The maximum absolute atomic E-state index is 5.88. The Morgan fingerprint density at radius 3 is 2.25 bits per heavy atom. The van der Waals surface area contributed by atoms with Crippen molar-refractivity contribution in [2.24, 2.45) is 0 Å². The van der Waals surface area contributed by atoms with E-state index in [9.17, 15) is 0 Å². The summed E-state index contributed by atoms with van der Waals surface area (Å²) < 4.78 is 11.6. The van der Waals surface area contributed by atoms with Crippen LogP contribution in [0.25, 0.3) is 6.08 Å². The lowest BCUT2D eigenvalue weighted by Crippen LogP contribution is -1.95. The van der Waals surface area contributed by atoms with E-state index in [-0.39, 0.29) is 0 Å². The van der Waals surface area contributed by atoms with Crippen LogP contribution in [-0.4, -0.2) is 12.8 Å². The van der Waals surface area contributed by atoms with E-state index in [1.807, 2.05) is 55.5 Å². The molecule has 0 heterocycles. The SMILES string of the molecule is CCOP(C/C=C/c1ccccc1)Oc1ccccc1. The smallest absolute Gasteiger partial charge is 0.234 e. The summed E-state index contributed by atoms with van der Waals surface area (Å²) in [6.45, 7) is 2.66. The Balaban J connectivity index is 1.91. The molecule has 0 radical (unpaired) electrons. The molecule has 1 atom stereocenters. The number of rotatable bonds is 7. The molecule has 0 aromatic heterocycles. The summed E-state index contributed by atoms with van der Waals surface area (Å²) in [5, 5.41) is 0. The fraction of sp³-hybridized carbons (Fsp3) is 0.176. The van der Waals surface area contributed by atoms with Gasteiger partial charge in [0.25, 0.3) is 0 Å². The molecule has 3 heteroatoms. The quantitative estimate of drug-likeness (QED) is 0.657. The average molecular weight is 286 g/mol. The highest BCUT2D eigenvalue weighted by Gasteiger charge is 2.09. The Kier molecular flexibility index (Phi) is 6.30. The van der Waals surface area contributed by atoms with Crippen LogP contribution in [0, 0.1) is 0 Å². The first-order valence-corrected chi connectivity index (χ1v) is 8.10. The number of benzene rings is 2. The van der Waals surface area contributed by atoms with Gasteiger partial charge in [-0.1, -0.05) is 60.7 Å². The number of hydrogen-bond donors (Lipinski definition) is 0. The zero-order chi connectivity index (χ0) is 14.0. The van der Waals surface area contributed by atoms with Crippen LogP contribution in [0.1, 0.15) is 12.5 Å². The highest BCUT2D eigenvalue weighted by Crippen LogP contribution is 2.39. The van der Waals surface area contributed by atoms with Crippen LogP contribution in [0.4, 0.5) is 0 Å². The minimum absolute atomic E-state index is 0.664. The summed E-state index contributed by atoms with van der Waals surface area (Å²) >= 11 is 0. The number of hydrogen-bond acceptors (Lipinski definition) is 2. The van der Waals surface area contributed by atoms with Gasteiger partial charge in [-0.3, -0.25) is 0 Å². The van der Waals surface area contributed by atoms with Crippen molar-refractivity contribution in [2.75, 3.05) is 12.8 Å². The van der Waals surface area contributed by atoms with Gasteiger partial charge in [0.05, 0.1) is 6.61 Å². The lowest BCUT2D eigenvalue weighted by atomic mass is 10.2. The fourth-order valence-electron chi connectivity index (χ4n) is 1.70. The van der Waals surface area contributed by atoms with Crippen molar-refractivity contribution in [3.8, 4) is 5.75 Å². The van der Waals surface area contributed by atoms with Gasteiger partial charge in [0.15, 0.2) is 0 Å². The summed E-state index contributed by atoms with van der Waals surface area (Å²) in [5.74, 6) is 0.861. The summed E-state index contributed by atoms with van der Waals surface area (Å²) in [4.78, 5) is 0. The Morgan fingerprint density at radius 2 is 1.60 bits per heavy atom. The molecule has 0 saturated heterocycles. The summed E-state index contributed by atoms with van der Waals surface area (Å²) in [6.07, 6.45) is 5.00. The highest BCUT2D eigenvalue weighted by molar-refractivity contribution is 7.47. The van der Waals surface area contributed by atoms with Gasteiger partial charge in [0, 0.05) is 6.16 Å². The molecule has 0 bridgehead atoms. The lowest BCUT2D eigenvalue weighted by Gasteiger charge is -2.15. The van der Waals surface area contributed by atoms with Crippen LogP contribution >= 0.6 is 8.38 Å². The molecule has 0 N–H and O–H groups in total. The molecule has 1 unspecified atom stereocenters. The molecular formula is C17H19O2P. The lowest BCUT2D eigenvalue weighted by molar-refractivity contribution is 0.335. The van der Waals surface area contributed by atoms with Gasteiger partial charge in [0.1, 0.15) is 5.75 Å². The van der Waals surface area contributed by atoms with Crippen molar-refractivity contribution in [3.05, 3.63) is 72.3 Å². The molecule has 0 aliphatic carbocycles. The molecule has 2 aromatic rings. The third-order valence-corrected chi connectivity index (χ3v) is 4.06. The first kappa shape index (κ1) is 14.8. The Bertz CT molecular complexity index is 511. The Morgan fingerprint density at radius 1 is 0.950 bits per heavy atom. The summed E-state index contributed by atoms with van der Waals surface area (Å²) in [5.41, 5.74) is 1.19. The van der Waals surface area contributed by atoms with Gasteiger partial charge >= 0.3 is 0 Å². The minimum Gasteiger partial charge on any atom is -0.447 e. The van der Waals surface area contributed by atoms with Crippen molar-refractivity contribution in [2.45, 2.75) is 6.92 Å². The van der Waals surface area contributed by atoms with E-state index >= 15 is 0 Å². The molecule has 2 nitrogen and oxygen atoms in total. The average Bonchev–Trinajstić information content (AvgIpc) is 2.49. The molecule has 0 spiro atoms. The van der Waals surface area contributed by atoms with Crippen LogP contribution in [0.5, 0.6) is 5.75 Å². The zero-order valence-corrected chi connectivity index (χ0v) is 12.5. The largest absolute Gasteiger partial charge is 0.447 e. The molecule has 0 aliphatic heterocycles. The number of allylic oxidation sites excluding steroid dienone is 1. The van der Waals surface area contributed by atoms with Crippen LogP contribution < -0.4 is 4.52 Å². The van der Waals surface area contributed by atoms with Gasteiger partial charge in [-0.25, -0.2) is 0 Å². The van der Waals surface area contributed by atoms with Crippen molar-refractivity contribution < 1.29 is 9.05 Å². The van der Waals surface area contributed by atoms with E-state index in [0.29, 0.717) is 6.61 Å². The normalized spacial score (nSPS) is 12.4. The van der Waals surface area contributed by atoms with Crippen molar-refractivity contribution in [3.63, 3.8) is 0 Å². The molecule has 0 saturated carbocycles. The monoisotopic (exact) mass is 286 g/mol. The zero-order valence-electron chi connectivity index (χ0n) is 11.6. The van der Waals surface area contributed by atoms with E-state index in [1.165, 1.54) is 5.56 Å². The van der Waals surface area contributed by atoms with Crippen LogP contribution in [0.15, 0.2) is 66.7 Å². The van der Waals surface area contributed by atoms with E-state index < -0.39 is 8.38 Å². The van der Waals surface area contributed by atoms with Crippen molar-refractivity contribution in [1.29, 1.82) is 0 Å². The van der Waals surface area contributed by atoms with Crippen LogP contribution in [-0.2, 0) is 4.52 Å². The second-order valence-electron chi connectivity index (χ2n) is 4.15. The topological polar surface area (TPSA) is 18.5 Å². The van der Waals surface area contributed by atoms with Gasteiger partial charge in [0.2, 0.25) is 8.38 Å². The second kappa shape index (κ2) is 8.52. The van der Waals surface area contributed by atoms with E-state index in [4.69, 9.17) is 9.05 Å². The third kappa shape index (κ3) is 5.16.